The number of carboxylic acid groups (broad SMARTS) is 1. The molecule has 1 aliphatic rings. The van der Waals surface area contributed by atoms with Gasteiger partial charge in [-0.15, -0.1) is 0 Å². The predicted molar refractivity (Wildman–Crippen MR) is 129 cm³/mol. The Bertz CT molecular complexity index is 1440. The molecule has 9 nitrogen and oxygen atoms in total. The Kier molecular flexibility index (Phi) is 5.62. The van der Waals surface area contributed by atoms with E-state index in [1.807, 2.05) is 25.1 Å². The molecule has 0 aliphatic carbocycles. The topological polar surface area (TPSA) is 113 Å². The van der Waals surface area contributed by atoms with Gasteiger partial charge >= 0.3 is 5.97 Å². The highest BCUT2D eigenvalue weighted by molar-refractivity contribution is 6.30. The van der Waals surface area contributed by atoms with Gasteiger partial charge in [0.15, 0.2) is 0 Å². The number of aromatic nitrogens is 4. The first-order valence-electron chi connectivity index (χ1n) is 10.7. The number of fused-ring (bicyclic) bond motifs is 1. The molecule has 0 bridgehead atoms. The standard InChI is InChI=1S/C24H21ClN6O3/c1-14(28-22-19(24(33)34)9-26-13-27-22)18-7-17(25)12-31-21(32)8-20(29-23(18)31)30-10-16(11-30)15-5-3-2-4-6-15/h2-9,12-14,16H,10-11H2,1H3,(H,33,34)(H,26,27,28)/t14-/m1/s1. The quantitative estimate of drug-likeness (QED) is 0.434. The summed E-state index contributed by atoms with van der Waals surface area (Å²) in [5.74, 6) is 0.00820. The zero-order chi connectivity index (χ0) is 23.8. The molecule has 1 atom stereocenters. The van der Waals surface area contributed by atoms with Gasteiger partial charge in [0.2, 0.25) is 0 Å². The summed E-state index contributed by atoms with van der Waals surface area (Å²) >= 11 is 6.31. The third-order valence-electron chi connectivity index (χ3n) is 5.98. The van der Waals surface area contributed by atoms with E-state index in [4.69, 9.17) is 16.6 Å². The number of nitrogens with one attached hydrogen (secondary N) is 1. The third kappa shape index (κ3) is 4.06. The maximum absolute atomic E-state index is 12.9. The Morgan fingerprint density at radius 3 is 2.74 bits per heavy atom. The summed E-state index contributed by atoms with van der Waals surface area (Å²) in [6, 6.07) is 13.0. The van der Waals surface area contributed by atoms with Crippen molar-refractivity contribution >= 4 is 34.9 Å². The largest absolute Gasteiger partial charge is 0.477 e. The van der Waals surface area contributed by atoms with Gasteiger partial charge in [0.05, 0.1) is 11.1 Å². The molecule has 3 aromatic heterocycles. The van der Waals surface area contributed by atoms with Gasteiger partial charge in [-0.2, -0.15) is 0 Å². The van der Waals surface area contributed by atoms with Gasteiger partial charge < -0.3 is 15.3 Å². The average Bonchev–Trinajstić information content (AvgIpc) is 2.79. The molecule has 0 radical (unpaired) electrons. The molecular formula is C24H21ClN6O3. The minimum atomic E-state index is -1.14. The maximum Gasteiger partial charge on any atom is 0.341 e. The lowest BCUT2D eigenvalue weighted by atomic mass is 9.91. The van der Waals surface area contributed by atoms with E-state index >= 15 is 0 Å². The average molecular weight is 477 g/mol. The Hall–Kier alpha value is -3.98. The Labute approximate surface area is 199 Å². The molecule has 0 amide bonds. The number of nitrogens with zero attached hydrogens (tertiary/aromatic N) is 5. The highest BCUT2D eigenvalue weighted by atomic mass is 35.5. The summed E-state index contributed by atoms with van der Waals surface area (Å²) in [5.41, 5.74) is 2.05. The molecule has 1 saturated heterocycles. The van der Waals surface area contributed by atoms with Crippen LogP contribution < -0.4 is 15.8 Å². The number of benzene rings is 1. The van der Waals surface area contributed by atoms with Crippen LogP contribution in [0, 0.1) is 0 Å². The third-order valence-corrected chi connectivity index (χ3v) is 6.19. The summed E-state index contributed by atoms with van der Waals surface area (Å²) in [7, 11) is 0. The number of rotatable bonds is 6. The van der Waals surface area contributed by atoms with Crippen molar-refractivity contribution in [3.05, 3.63) is 93.3 Å². The van der Waals surface area contributed by atoms with Crippen LogP contribution in [0.5, 0.6) is 0 Å². The number of halogens is 1. The van der Waals surface area contributed by atoms with Crippen LogP contribution in [0.4, 0.5) is 11.6 Å². The number of pyridine rings is 1. The summed E-state index contributed by atoms with van der Waals surface area (Å²) in [4.78, 5) is 39.2. The van der Waals surface area contributed by atoms with Crippen molar-refractivity contribution in [3.8, 4) is 0 Å². The maximum atomic E-state index is 12.9. The van der Waals surface area contributed by atoms with Gasteiger partial charge in [-0.1, -0.05) is 41.9 Å². The van der Waals surface area contributed by atoms with E-state index in [0.717, 1.165) is 13.1 Å². The summed E-state index contributed by atoms with van der Waals surface area (Å²) in [6.07, 6.45) is 4.03. The van der Waals surface area contributed by atoms with E-state index in [9.17, 15) is 14.7 Å². The first kappa shape index (κ1) is 21.8. The van der Waals surface area contributed by atoms with Crippen LogP contribution in [0.2, 0.25) is 5.02 Å². The lowest BCUT2D eigenvalue weighted by Crippen LogP contribution is -2.46. The molecule has 34 heavy (non-hydrogen) atoms. The number of aromatic carboxylic acids is 1. The van der Waals surface area contributed by atoms with Crippen LogP contribution >= 0.6 is 11.6 Å². The van der Waals surface area contributed by atoms with E-state index in [-0.39, 0.29) is 16.9 Å². The van der Waals surface area contributed by atoms with Crippen LogP contribution in [0.1, 0.15) is 40.4 Å². The molecule has 0 spiro atoms. The lowest BCUT2D eigenvalue weighted by molar-refractivity contribution is 0.0697. The Morgan fingerprint density at radius 1 is 1.24 bits per heavy atom. The van der Waals surface area contributed by atoms with Crippen LogP contribution in [0.15, 0.2) is 66.0 Å². The van der Waals surface area contributed by atoms with Crippen LogP contribution in [-0.4, -0.2) is 43.5 Å². The summed E-state index contributed by atoms with van der Waals surface area (Å²) in [6.45, 7) is 3.37. The van der Waals surface area contributed by atoms with Crippen molar-refractivity contribution in [1.29, 1.82) is 0 Å². The first-order valence-corrected chi connectivity index (χ1v) is 11.1. The number of hydrogen-bond acceptors (Lipinski definition) is 7. The van der Waals surface area contributed by atoms with Gasteiger partial charge in [-0.25, -0.2) is 19.7 Å². The van der Waals surface area contributed by atoms with E-state index in [1.165, 1.54) is 34.8 Å². The second-order valence-electron chi connectivity index (χ2n) is 8.23. The molecule has 5 rings (SSSR count). The SMILES string of the molecule is C[C@@H](Nc1ncncc1C(=O)O)c1cc(Cl)cn2c(=O)cc(N3CC(c4ccccc4)C3)nc12. The minimum Gasteiger partial charge on any atom is -0.477 e. The number of anilines is 2. The number of hydrogen-bond donors (Lipinski definition) is 2. The van der Waals surface area contributed by atoms with Crippen LogP contribution in [-0.2, 0) is 0 Å². The summed E-state index contributed by atoms with van der Waals surface area (Å²) in [5, 5.41) is 12.9. The molecule has 0 saturated carbocycles. The number of carbonyl (C=O) groups is 1. The fourth-order valence-electron chi connectivity index (χ4n) is 4.15. The molecule has 172 valence electrons. The highest BCUT2D eigenvalue weighted by Gasteiger charge is 2.30. The molecule has 1 aromatic carbocycles. The molecule has 1 fully saturated rings. The predicted octanol–water partition coefficient (Wildman–Crippen LogP) is 3.61. The fraction of sp³-hybridized carbons (Fsp3) is 0.208. The van der Waals surface area contributed by atoms with Gasteiger partial charge in [0.1, 0.15) is 29.2 Å². The fourth-order valence-corrected chi connectivity index (χ4v) is 4.36. The van der Waals surface area contributed by atoms with Crippen molar-refractivity contribution in [3.63, 3.8) is 0 Å². The molecule has 10 heteroatoms. The second-order valence-corrected chi connectivity index (χ2v) is 8.67. The van der Waals surface area contributed by atoms with Crippen LogP contribution in [0.25, 0.3) is 5.65 Å². The van der Waals surface area contributed by atoms with Crippen LogP contribution in [0.3, 0.4) is 0 Å². The first-order chi connectivity index (χ1) is 16.4. The summed E-state index contributed by atoms with van der Waals surface area (Å²) < 4.78 is 1.41. The van der Waals surface area contributed by atoms with E-state index in [0.29, 0.717) is 28.0 Å². The normalized spacial score (nSPS) is 14.6. The molecule has 4 heterocycles. The molecular weight excluding hydrogens is 456 g/mol. The Morgan fingerprint density at radius 2 is 2.00 bits per heavy atom. The van der Waals surface area contributed by atoms with Crippen molar-refractivity contribution < 1.29 is 9.90 Å². The van der Waals surface area contributed by atoms with Gasteiger partial charge in [0.25, 0.3) is 5.56 Å². The molecule has 2 N–H and O–H groups in total. The molecule has 1 aliphatic heterocycles. The van der Waals surface area contributed by atoms with Gasteiger partial charge in [0, 0.05) is 43.0 Å². The van der Waals surface area contributed by atoms with E-state index in [2.05, 4.69) is 32.3 Å². The molecule has 4 aromatic rings. The second kappa shape index (κ2) is 8.75. The van der Waals surface area contributed by atoms with Crippen molar-refractivity contribution in [2.24, 2.45) is 0 Å². The van der Waals surface area contributed by atoms with Crippen molar-refractivity contribution in [1.82, 2.24) is 19.4 Å². The number of carboxylic acids is 1. The van der Waals surface area contributed by atoms with E-state index in [1.54, 1.807) is 6.07 Å². The smallest absolute Gasteiger partial charge is 0.341 e. The van der Waals surface area contributed by atoms with Gasteiger partial charge in [-0.05, 0) is 18.6 Å². The Balaban J connectivity index is 1.48. The zero-order valence-corrected chi connectivity index (χ0v) is 19.0. The van der Waals surface area contributed by atoms with Gasteiger partial charge in [-0.3, -0.25) is 9.20 Å². The van der Waals surface area contributed by atoms with Crippen molar-refractivity contribution in [2.75, 3.05) is 23.3 Å². The van der Waals surface area contributed by atoms with E-state index < -0.39 is 12.0 Å². The highest BCUT2D eigenvalue weighted by Crippen LogP contribution is 2.31. The lowest BCUT2D eigenvalue weighted by Gasteiger charge is -2.40. The monoisotopic (exact) mass is 476 g/mol. The zero-order valence-electron chi connectivity index (χ0n) is 18.2. The van der Waals surface area contributed by atoms with Crippen molar-refractivity contribution in [2.45, 2.75) is 18.9 Å². The minimum absolute atomic E-state index is 0.0565. The molecule has 0 unspecified atom stereocenters.